The van der Waals surface area contributed by atoms with Crippen molar-refractivity contribution in [3.8, 4) is 5.75 Å². The minimum atomic E-state index is 0.171. The summed E-state index contributed by atoms with van der Waals surface area (Å²) in [6, 6.07) is 4.16. The van der Waals surface area contributed by atoms with Crippen LogP contribution in [0, 0.1) is 0 Å². The quantitative estimate of drug-likeness (QED) is 0.706. The number of H-pyrrole nitrogens is 1. The number of thioether (sulfide) groups is 1. The molecule has 1 aromatic heterocycles. The second-order valence-electron chi connectivity index (χ2n) is 5.69. The van der Waals surface area contributed by atoms with Gasteiger partial charge in [0.2, 0.25) is 0 Å². The molecule has 0 amide bonds. The van der Waals surface area contributed by atoms with Crippen LogP contribution in [0.25, 0.3) is 10.9 Å². The number of phenolic OH excluding ortho intramolecular Hbond substituents is 1. The van der Waals surface area contributed by atoms with Gasteiger partial charge in [-0.3, -0.25) is 4.84 Å². The van der Waals surface area contributed by atoms with Gasteiger partial charge in [0.25, 0.3) is 0 Å². The highest BCUT2D eigenvalue weighted by Crippen LogP contribution is 2.42. The van der Waals surface area contributed by atoms with Crippen molar-refractivity contribution in [1.82, 2.24) is 15.4 Å². The molecular weight excluding hydrogens is 366 g/mol. The van der Waals surface area contributed by atoms with Gasteiger partial charge in [0, 0.05) is 34.9 Å². The lowest BCUT2D eigenvalue weighted by atomic mass is 9.94. The summed E-state index contributed by atoms with van der Waals surface area (Å²) in [5.74, 6) is 2.00. The smallest absolute Gasteiger partial charge is 0.130 e. The number of nitrogens with one attached hydrogen (secondary N) is 2. The Bertz CT molecular complexity index is 720. The van der Waals surface area contributed by atoms with Crippen LogP contribution in [-0.2, 0) is 11.3 Å². The fourth-order valence-electron chi connectivity index (χ4n) is 3.50. The number of benzene rings is 1. The molecule has 2 unspecified atom stereocenters. The summed E-state index contributed by atoms with van der Waals surface area (Å²) in [6.45, 7) is 0.867. The Hall–Kier alpha value is -0.730. The van der Waals surface area contributed by atoms with Crippen molar-refractivity contribution in [3.63, 3.8) is 0 Å². The first-order valence-electron chi connectivity index (χ1n) is 7.37. The number of aromatic hydroxyl groups is 1. The third-order valence-electron chi connectivity index (χ3n) is 4.56. The molecule has 5 nitrogen and oxygen atoms in total. The number of hydrogen-bond donors (Lipinski definition) is 3. The molecule has 0 saturated carbocycles. The van der Waals surface area contributed by atoms with Crippen molar-refractivity contribution in [2.45, 2.75) is 18.5 Å². The number of phenols is 1. The first-order valence-corrected chi connectivity index (χ1v) is 9.32. The standard InChI is InChI=1S/C15H18BrN3O2S/c1-17-10-6-22-7-21-19-5-4-8-12-9(18-14(8)15(10)19)2-3-11(20)13(12)16/h2-3,10,15,17-18,20H,4-7H2,1H3. The molecule has 0 aliphatic carbocycles. The maximum absolute atomic E-state index is 10.0. The summed E-state index contributed by atoms with van der Waals surface area (Å²) in [5, 5.41) is 16.6. The zero-order valence-corrected chi connectivity index (χ0v) is 14.6. The van der Waals surface area contributed by atoms with E-state index in [1.807, 2.05) is 24.9 Å². The number of hydrogen-bond acceptors (Lipinski definition) is 5. The van der Waals surface area contributed by atoms with Crippen LogP contribution in [0.1, 0.15) is 17.3 Å². The lowest BCUT2D eigenvalue weighted by Crippen LogP contribution is -2.45. The van der Waals surface area contributed by atoms with Crippen LogP contribution in [0.5, 0.6) is 5.75 Å². The minimum absolute atomic E-state index is 0.171. The Labute approximate surface area is 141 Å². The molecule has 3 N–H and O–H groups in total. The van der Waals surface area contributed by atoms with Crippen molar-refractivity contribution in [3.05, 3.63) is 27.9 Å². The lowest BCUT2D eigenvalue weighted by Gasteiger charge is -2.36. The van der Waals surface area contributed by atoms with Crippen LogP contribution < -0.4 is 5.32 Å². The zero-order chi connectivity index (χ0) is 15.3. The van der Waals surface area contributed by atoms with Crippen molar-refractivity contribution in [1.29, 1.82) is 0 Å². The first-order chi connectivity index (χ1) is 10.7. The van der Waals surface area contributed by atoms with Gasteiger partial charge in [-0.15, -0.1) is 11.8 Å². The number of nitrogens with zero attached hydrogens (tertiary/aromatic N) is 1. The van der Waals surface area contributed by atoms with Crippen molar-refractivity contribution in [2.24, 2.45) is 0 Å². The largest absolute Gasteiger partial charge is 0.507 e. The van der Waals surface area contributed by atoms with Gasteiger partial charge >= 0.3 is 0 Å². The highest BCUT2D eigenvalue weighted by molar-refractivity contribution is 9.10. The second kappa shape index (κ2) is 5.72. The molecule has 1 fully saturated rings. The lowest BCUT2D eigenvalue weighted by molar-refractivity contribution is -0.177. The molecule has 7 heteroatoms. The minimum Gasteiger partial charge on any atom is -0.507 e. The maximum atomic E-state index is 10.0. The third kappa shape index (κ3) is 2.18. The SMILES string of the molecule is CNC1CSCON2CCc3c([nH]c4ccc(O)c(Br)c34)C12. The van der Waals surface area contributed by atoms with Crippen LogP contribution in [0.15, 0.2) is 16.6 Å². The average molecular weight is 384 g/mol. The molecule has 2 aromatic rings. The van der Waals surface area contributed by atoms with Crippen LogP contribution in [0.3, 0.4) is 0 Å². The fourth-order valence-corrected chi connectivity index (χ4v) is 4.99. The Balaban J connectivity index is 1.91. The Morgan fingerprint density at radius 1 is 1.50 bits per heavy atom. The molecule has 0 bridgehead atoms. The number of hydroxylamine groups is 2. The van der Waals surface area contributed by atoms with Gasteiger partial charge in [0.1, 0.15) is 11.7 Å². The predicted octanol–water partition coefficient (Wildman–Crippen LogP) is 2.76. The van der Waals surface area contributed by atoms with Gasteiger partial charge in [-0.1, -0.05) is 0 Å². The molecule has 3 heterocycles. The van der Waals surface area contributed by atoms with Crippen LogP contribution in [0.4, 0.5) is 0 Å². The van der Waals surface area contributed by atoms with E-state index in [1.165, 1.54) is 11.3 Å². The summed E-state index contributed by atoms with van der Waals surface area (Å²) in [6.07, 6.45) is 0.912. The molecule has 1 aromatic carbocycles. The van der Waals surface area contributed by atoms with Gasteiger partial charge in [-0.25, -0.2) is 0 Å². The Kier molecular flexibility index (Phi) is 3.86. The highest BCUT2D eigenvalue weighted by atomic mass is 79.9. The summed E-state index contributed by atoms with van der Waals surface area (Å²) in [7, 11) is 2.01. The van der Waals surface area contributed by atoms with Crippen molar-refractivity contribution < 1.29 is 9.94 Å². The normalized spacial score (nSPS) is 25.7. The fraction of sp³-hybridized carbons (Fsp3) is 0.467. The number of aromatic amines is 1. The van der Waals surface area contributed by atoms with E-state index in [4.69, 9.17) is 4.84 Å². The first kappa shape index (κ1) is 14.8. The van der Waals surface area contributed by atoms with E-state index < -0.39 is 0 Å². The summed E-state index contributed by atoms with van der Waals surface area (Å²) >= 11 is 5.35. The Morgan fingerprint density at radius 3 is 3.18 bits per heavy atom. The van der Waals surface area contributed by atoms with Crippen LogP contribution in [-0.4, -0.2) is 46.5 Å². The monoisotopic (exact) mass is 383 g/mol. The van der Waals surface area contributed by atoms with Crippen LogP contribution >= 0.6 is 27.7 Å². The van der Waals surface area contributed by atoms with Gasteiger partial charge in [0.05, 0.1) is 10.5 Å². The van der Waals surface area contributed by atoms with E-state index in [0.29, 0.717) is 12.0 Å². The van der Waals surface area contributed by atoms with Gasteiger partial charge in [-0.2, -0.15) is 5.06 Å². The molecule has 0 spiro atoms. The second-order valence-corrected chi connectivity index (χ2v) is 7.46. The Morgan fingerprint density at radius 2 is 2.36 bits per heavy atom. The number of rotatable bonds is 1. The molecule has 2 atom stereocenters. The third-order valence-corrected chi connectivity index (χ3v) is 6.23. The van der Waals surface area contributed by atoms with E-state index in [-0.39, 0.29) is 11.8 Å². The number of aromatic nitrogens is 1. The molecule has 4 rings (SSSR count). The molecular formula is C15H18BrN3O2S. The van der Waals surface area contributed by atoms with E-state index in [1.54, 1.807) is 6.07 Å². The number of halogens is 1. The maximum Gasteiger partial charge on any atom is 0.130 e. The predicted molar refractivity (Wildman–Crippen MR) is 92.1 cm³/mol. The summed E-state index contributed by atoms with van der Waals surface area (Å²) in [4.78, 5) is 9.48. The molecule has 118 valence electrons. The molecule has 0 radical (unpaired) electrons. The van der Waals surface area contributed by atoms with Gasteiger partial charge in [0.15, 0.2) is 0 Å². The van der Waals surface area contributed by atoms with Crippen molar-refractivity contribution in [2.75, 3.05) is 25.3 Å². The van der Waals surface area contributed by atoms with E-state index in [2.05, 4.69) is 31.3 Å². The number of likely N-dealkylation sites (N-methyl/N-ethyl adjacent to an activating group) is 1. The van der Waals surface area contributed by atoms with Crippen LogP contribution in [0.2, 0.25) is 0 Å². The topological polar surface area (TPSA) is 60.5 Å². The van der Waals surface area contributed by atoms with E-state index in [0.717, 1.165) is 34.1 Å². The highest BCUT2D eigenvalue weighted by Gasteiger charge is 2.38. The van der Waals surface area contributed by atoms with E-state index >= 15 is 0 Å². The van der Waals surface area contributed by atoms with Crippen molar-refractivity contribution >= 4 is 38.6 Å². The molecule has 2 aliphatic rings. The molecule has 2 aliphatic heterocycles. The molecule has 22 heavy (non-hydrogen) atoms. The zero-order valence-electron chi connectivity index (χ0n) is 12.2. The van der Waals surface area contributed by atoms with E-state index in [9.17, 15) is 5.11 Å². The average Bonchev–Trinajstić information content (AvgIpc) is 2.77. The number of fused-ring (bicyclic) bond motifs is 5. The molecule has 1 saturated heterocycles. The van der Waals surface area contributed by atoms with Gasteiger partial charge < -0.3 is 15.4 Å². The summed E-state index contributed by atoms with van der Waals surface area (Å²) < 4.78 is 0.779. The van der Waals surface area contributed by atoms with Gasteiger partial charge in [-0.05, 0) is 47.1 Å². The summed E-state index contributed by atoms with van der Waals surface area (Å²) in [5.41, 5.74) is 3.55.